The minimum Gasteiger partial charge on any atom is -0.455 e. The van der Waals surface area contributed by atoms with Crippen LogP contribution >= 0.6 is 0 Å². The first-order valence-corrected chi connectivity index (χ1v) is 32.9. The molecule has 0 N–H and O–H groups in total. The number of fused-ring (bicyclic) bond motifs is 21. The molecule has 0 amide bonds. The van der Waals surface area contributed by atoms with Gasteiger partial charge in [-0.25, -0.2) is 0 Å². The predicted molar refractivity (Wildman–Crippen MR) is 329 cm³/mol. The van der Waals surface area contributed by atoms with Gasteiger partial charge in [-0.1, -0.05) is 172 Å². The molecule has 78 heavy (non-hydrogen) atoms. The molecular weight excluding hydrogens is 989 g/mol. The zero-order valence-electron chi connectivity index (χ0n) is 43.3. The molecule has 0 bridgehead atoms. The van der Waals surface area contributed by atoms with Gasteiger partial charge in [0.05, 0.1) is 33.5 Å². The molecule has 17 rings (SSSR count). The molecule has 2 aliphatic rings. The van der Waals surface area contributed by atoms with Gasteiger partial charge in [0, 0.05) is 54.8 Å². The van der Waals surface area contributed by atoms with Gasteiger partial charge in [-0.05, 0) is 105 Å². The molecule has 370 valence electrons. The number of benzene rings is 11. The fourth-order valence-electron chi connectivity index (χ4n) is 14.0. The second-order valence-electron chi connectivity index (χ2n) is 22.2. The topological polar surface area (TPSA) is 59.0 Å². The molecule has 6 nitrogen and oxygen atoms in total. The summed E-state index contributed by atoms with van der Waals surface area (Å²) < 4.78 is 28.3. The van der Waals surface area contributed by atoms with Crippen molar-refractivity contribution < 1.29 is 17.7 Å². The Labute approximate surface area is 450 Å². The van der Waals surface area contributed by atoms with Crippen molar-refractivity contribution in [2.24, 2.45) is 0 Å². The normalized spacial score (nSPS) is 14.1. The summed E-state index contributed by atoms with van der Waals surface area (Å²) in [5, 5.41) is 14.5. The van der Waals surface area contributed by atoms with Gasteiger partial charge in [-0.2, -0.15) is 0 Å². The molecule has 0 fully saturated rings. The standard InChI is InChI=1S/C70H48N2O4Si2/c1-77(2)59-39-53(71(41-21-7-5-8-22-41)51-31-19-29-45-43-25-11-15-33-55(43)73-65(45)51)61-47-27-13-17-35-57(47)75-67(61)63(59)49-37-38-50-64-60(78(3,4)70(50)69(49)77)40-54(62-48-28-14-18-36-58(48)76-68(62)64)72(42-23-9-6-10-24-42)52-32-20-30-46-44-26-12-16-34-56(44)74-66(46)52/h5-40H,1-4H3. The minimum atomic E-state index is -2.61. The van der Waals surface area contributed by atoms with E-state index >= 15 is 0 Å². The second kappa shape index (κ2) is 15.6. The van der Waals surface area contributed by atoms with Crippen molar-refractivity contribution in [3.8, 4) is 22.3 Å². The average Bonchev–Trinajstić information content (AvgIpc) is 3.75. The van der Waals surface area contributed by atoms with Crippen LogP contribution in [0.2, 0.25) is 26.2 Å². The Bertz CT molecular complexity index is 4740. The number of nitrogens with zero attached hydrogens (tertiary/aromatic N) is 2. The SMILES string of the molecule is C[Si]1(C)c2cc(N(c3ccccc3)c3cccc4c3oc3ccccc34)c3c(oc4ccccc43)c2-c2ccc3c(c21)[Si](C)(C)c1cc(N(c2ccccc2)c2cccc4c2oc2ccccc24)c2c(oc4ccccc42)c1-3. The fraction of sp³-hybridized carbons (Fsp3) is 0.0571. The van der Waals surface area contributed by atoms with Crippen LogP contribution in [0, 0.1) is 0 Å². The summed E-state index contributed by atoms with van der Waals surface area (Å²) in [4.78, 5) is 4.85. The first-order valence-electron chi connectivity index (χ1n) is 26.9. The monoisotopic (exact) mass is 1040 g/mol. The van der Waals surface area contributed by atoms with Crippen molar-refractivity contribution in [3.05, 3.63) is 218 Å². The summed E-state index contributed by atoms with van der Waals surface area (Å²) in [5.41, 5.74) is 18.3. The van der Waals surface area contributed by atoms with Crippen molar-refractivity contribution in [2.75, 3.05) is 9.80 Å². The maximum atomic E-state index is 7.30. The summed E-state index contributed by atoms with van der Waals surface area (Å²) in [6.45, 7) is 10.3. The Balaban J connectivity index is 0.931. The third kappa shape index (κ3) is 5.74. The van der Waals surface area contributed by atoms with Gasteiger partial charge < -0.3 is 27.5 Å². The van der Waals surface area contributed by atoms with Crippen molar-refractivity contribution in [2.45, 2.75) is 26.2 Å². The molecule has 6 heterocycles. The zero-order valence-corrected chi connectivity index (χ0v) is 45.3. The predicted octanol–water partition coefficient (Wildman–Crippen LogP) is 17.8. The maximum absolute atomic E-state index is 7.30. The Hall–Kier alpha value is -9.35. The molecule has 0 radical (unpaired) electrons. The van der Waals surface area contributed by atoms with E-state index in [0.717, 1.165) is 122 Å². The van der Waals surface area contributed by atoms with Crippen LogP contribution in [0.3, 0.4) is 0 Å². The van der Waals surface area contributed by atoms with E-state index in [9.17, 15) is 0 Å². The summed E-state index contributed by atoms with van der Waals surface area (Å²) in [6, 6.07) is 78.4. The van der Waals surface area contributed by atoms with Crippen LogP contribution in [0.25, 0.3) is 110 Å². The molecular formula is C70H48N2O4Si2. The molecule has 15 aromatic rings. The highest BCUT2D eigenvalue weighted by Gasteiger charge is 2.50. The van der Waals surface area contributed by atoms with Crippen LogP contribution in [0.5, 0.6) is 0 Å². The number of para-hydroxylation sites is 8. The van der Waals surface area contributed by atoms with Crippen LogP contribution < -0.4 is 30.5 Å². The van der Waals surface area contributed by atoms with Gasteiger partial charge in [-0.15, -0.1) is 0 Å². The lowest BCUT2D eigenvalue weighted by atomic mass is 9.96. The summed E-state index contributed by atoms with van der Waals surface area (Å²) >= 11 is 0. The molecule has 0 aliphatic carbocycles. The molecule has 0 saturated carbocycles. The molecule has 2 aliphatic heterocycles. The molecule has 11 aromatic carbocycles. The van der Waals surface area contributed by atoms with E-state index in [1.165, 1.54) is 43.0 Å². The van der Waals surface area contributed by atoms with E-state index in [2.05, 4.69) is 242 Å². The molecule has 4 aromatic heterocycles. The van der Waals surface area contributed by atoms with E-state index in [-0.39, 0.29) is 0 Å². The van der Waals surface area contributed by atoms with E-state index in [1.54, 1.807) is 0 Å². The minimum absolute atomic E-state index is 0.850. The van der Waals surface area contributed by atoms with Gasteiger partial charge in [0.15, 0.2) is 11.2 Å². The first kappa shape index (κ1) is 43.8. The average molecular weight is 1040 g/mol. The van der Waals surface area contributed by atoms with Crippen LogP contribution in [-0.4, -0.2) is 16.1 Å². The van der Waals surface area contributed by atoms with Crippen LogP contribution in [0.4, 0.5) is 34.1 Å². The highest BCUT2D eigenvalue weighted by atomic mass is 28.3. The van der Waals surface area contributed by atoms with Crippen molar-refractivity contribution >= 4 is 159 Å². The van der Waals surface area contributed by atoms with Gasteiger partial charge in [0.2, 0.25) is 0 Å². The number of rotatable bonds is 6. The first-order chi connectivity index (χ1) is 38.2. The van der Waals surface area contributed by atoms with Gasteiger partial charge in [-0.3, -0.25) is 0 Å². The molecule has 0 saturated heterocycles. The summed E-state index contributed by atoms with van der Waals surface area (Å²) in [5.74, 6) is 0. The highest BCUT2D eigenvalue weighted by Crippen LogP contribution is 2.53. The molecule has 8 heteroatoms. The van der Waals surface area contributed by atoms with Gasteiger partial charge in [0.1, 0.15) is 49.6 Å². The molecule has 0 spiro atoms. The lowest BCUT2D eigenvalue weighted by Gasteiger charge is -2.30. The van der Waals surface area contributed by atoms with Crippen molar-refractivity contribution in [3.63, 3.8) is 0 Å². The van der Waals surface area contributed by atoms with Crippen molar-refractivity contribution in [1.82, 2.24) is 0 Å². The Morgan fingerprint density at radius 1 is 0.295 bits per heavy atom. The number of hydrogen-bond donors (Lipinski definition) is 0. The third-order valence-electron chi connectivity index (χ3n) is 17.4. The van der Waals surface area contributed by atoms with Gasteiger partial charge >= 0.3 is 0 Å². The molecule has 0 unspecified atom stereocenters. The van der Waals surface area contributed by atoms with E-state index < -0.39 is 16.1 Å². The molecule has 0 atom stereocenters. The Morgan fingerprint density at radius 2 is 0.628 bits per heavy atom. The summed E-state index contributed by atoms with van der Waals surface area (Å²) in [6.07, 6.45) is 0. The quantitative estimate of drug-likeness (QED) is 0.155. The van der Waals surface area contributed by atoms with E-state index in [1.807, 2.05) is 12.1 Å². The third-order valence-corrected chi connectivity index (χ3v) is 24.6. The van der Waals surface area contributed by atoms with E-state index in [4.69, 9.17) is 17.7 Å². The zero-order chi connectivity index (χ0) is 51.8. The number of furan rings is 4. The lowest BCUT2D eigenvalue weighted by molar-refractivity contribution is 0.668. The Morgan fingerprint density at radius 3 is 1.04 bits per heavy atom. The largest absolute Gasteiger partial charge is 0.455 e. The smallest absolute Gasteiger partial charge is 0.159 e. The van der Waals surface area contributed by atoms with Crippen LogP contribution in [0.15, 0.2) is 236 Å². The highest BCUT2D eigenvalue weighted by molar-refractivity contribution is 7.13. The number of hydrogen-bond acceptors (Lipinski definition) is 6. The van der Waals surface area contributed by atoms with Crippen LogP contribution in [0.1, 0.15) is 0 Å². The number of anilines is 6. The van der Waals surface area contributed by atoms with Crippen molar-refractivity contribution in [1.29, 1.82) is 0 Å². The fourth-order valence-corrected chi connectivity index (χ4v) is 22.4. The van der Waals surface area contributed by atoms with Gasteiger partial charge in [0.25, 0.3) is 0 Å². The Kier molecular flexibility index (Phi) is 8.79. The summed E-state index contributed by atoms with van der Waals surface area (Å²) in [7, 11) is -5.22. The van der Waals surface area contributed by atoms with Crippen LogP contribution in [-0.2, 0) is 0 Å². The maximum Gasteiger partial charge on any atom is 0.159 e. The van der Waals surface area contributed by atoms with E-state index in [0.29, 0.717) is 0 Å². The second-order valence-corrected chi connectivity index (χ2v) is 30.8. The lowest BCUT2D eigenvalue weighted by Crippen LogP contribution is -2.63.